The van der Waals surface area contributed by atoms with Crippen molar-refractivity contribution in [1.82, 2.24) is 18.4 Å². The van der Waals surface area contributed by atoms with E-state index in [9.17, 15) is 8.42 Å². The first-order valence-corrected chi connectivity index (χ1v) is 10.2. The molecule has 0 aliphatic carbocycles. The molecule has 2 heterocycles. The van der Waals surface area contributed by atoms with E-state index in [2.05, 4.69) is 25.3 Å². The van der Waals surface area contributed by atoms with Crippen LogP contribution in [0.2, 0.25) is 0 Å². The van der Waals surface area contributed by atoms with Crippen LogP contribution in [0.4, 0.5) is 0 Å². The number of piperidine rings is 1. The molecule has 1 fully saturated rings. The third kappa shape index (κ3) is 4.06. The van der Waals surface area contributed by atoms with Gasteiger partial charge in [-0.1, -0.05) is 19.4 Å². The molecule has 0 amide bonds. The van der Waals surface area contributed by atoms with E-state index < -0.39 is 10.0 Å². The van der Waals surface area contributed by atoms with E-state index in [0.717, 1.165) is 31.4 Å². The van der Waals surface area contributed by atoms with Crippen molar-refractivity contribution in [3.05, 3.63) is 18.2 Å². The molecule has 0 saturated carbocycles. The molecule has 8 heteroatoms. The highest BCUT2D eigenvalue weighted by molar-refractivity contribution is 7.89. The number of fused-ring (bicyclic) bond motifs is 1. The van der Waals surface area contributed by atoms with E-state index in [1.807, 2.05) is 0 Å². The Labute approximate surface area is 141 Å². The van der Waals surface area contributed by atoms with Gasteiger partial charge in [-0.3, -0.25) is 0 Å². The summed E-state index contributed by atoms with van der Waals surface area (Å²) in [5, 5.41) is 0. The molecule has 1 saturated heterocycles. The van der Waals surface area contributed by atoms with E-state index in [1.165, 1.54) is 19.3 Å². The van der Waals surface area contributed by atoms with Crippen LogP contribution < -0.4 is 4.72 Å². The zero-order chi connectivity index (χ0) is 16.3. The lowest BCUT2D eigenvalue weighted by Crippen LogP contribution is -2.38. The zero-order valence-corrected chi connectivity index (χ0v) is 14.9. The average molecular weight is 355 g/mol. The summed E-state index contributed by atoms with van der Waals surface area (Å²) in [6, 6.07) is 5.06. The normalized spacial score (nSPS) is 18.3. The fourth-order valence-corrected chi connectivity index (χ4v) is 4.90. The highest BCUT2D eigenvalue weighted by Gasteiger charge is 2.21. The fourth-order valence-electron chi connectivity index (χ4n) is 2.98. The van der Waals surface area contributed by atoms with Crippen LogP contribution >= 0.6 is 11.7 Å². The van der Waals surface area contributed by atoms with E-state index in [1.54, 1.807) is 18.2 Å². The number of hydrogen-bond acceptors (Lipinski definition) is 6. The minimum atomic E-state index is -3.56. The molecule has 2 aromatic rings. The molecule has 0 spiro atoms. The van der Waals surface area contributed by atoms with Gasteiger partial charge in [-0.15, -0.1) is 0 Å². The quantitative estimate of drug-likeness (QED) is 0.860. The van der Waals surface area contributed by atoms with Gasteiger partial charge < -0.3 is 4.90 Å². The number of benzene rings is 1. The van der Waals surface area contributed by atoms with Gasteiger partial charge in [0, 0.05) is 13.1 Å². The maximum absolute atomic E-state index is 12.6. The summed E-state index contributed by atoms with van der Waals surface area (Å²) >= 11 is 1.03. The van der Waals surface area contributed by atoms with Gasteiger partial charge in [0.15, 0.2) is 0 Å². The minimum Gasteiger partial charge on any atom is -0.303 e. The van der Waals surface area contributed by atoms with Gasteiger partial charge in [-0.25, -0.2) is 13.1 Å². The van der Waals surface area contributed by atoms with Crippen LogP contribution in [-0.2, 0) is 10.0 Å². The first kappa shape index (κ1) is 16.8. The van der Waals surface area contributed by atoms with Crippen LogP contribution in [0.1, 0.15) is 26.2 Å². The number of rotatable bonds is 6. The van der Waals surface area contributed by atoms with Crippen LogP contribution in [0, 0.1) is 5.92 Å². The lowest BCUT2D eigenvalue weighted by molar-refractivity contribution is 0.201. The number of sulfonamides is 1. The molecular formula is C15H22N4O2S2. The van der Waals surface area contributed by atoms with Crippen molar-refractivity contribution in [2.24, 2.45) is 5.92 Å². The Morgan fingerprint density at radius 1 is 1.26 bits per heavy atom. The van der Waals surface area contributed by atoms with Crippen LogP contribution in [0.5, 0.6) is 0 Å². The Kier molecular flexibility index (Phi) is 5.25. The Bertz CT molecular complexity index is 754. The largest absolute Gasteiger partial charge is 0.303 e. The summed E-state index contributed by atoms with van der Waals surface area (Å²) in [5.74, 6) is 0.274. The van der Waals surface area contributed by atoms with Crippen molar-refractivity contribution in [3.8, 4) is 0 Å². The predicted octanol–water partition coefficient (Wildman–Crippen LogP) is 2.09. The van der Waals surface area contributed by atoms with Crippen LogP contribution in [0.25, 0.3) is 11.0 Å². The zero-order valence-electron chi connectivity index (χ0n) is 13.2. The van der Waals surface area contributed by atoms with Gasteiger partial charge in [0.2, 0.25) is 10.0 Å². The van der Waals surface area contributed by atoms with Crippen LogP contribution in [0.15, 0.2) is 23.1 Å². The van der Waals surface area contributed by atoms with Crippen molar-refractivity contribution in [3.63, 3.8) is 0 Å². The first-order valence-electron chi connectivity index (χ1n) is 7.99. The standard InChI is InChI=1S/C15H22N4O2S2/c1-12(11-19-8-3-2-4-9-19)10-16-23(20,21)14-7-5-6-13-15(14)18-22-17-13/h5-7,12,16H,2-4,8-11H2,1H3. The minimum absolute atomic E-state index is 0.217. The van der Waals surface area contributed by atoms with Gasteiger partial charge in [0.1, 0.15) is 15.9 Å². The molecule has 1 aliphatic heterocycles. The molecule has 1 atom stereocenters. The highest BCUT2D eigenvalue weighted by atomic mass is 32.2. The molecule has 1 N–H and O–H groups in total. The molecule has 0 bridgehead atoms. The van der Waals surface area contributed by atoms with Gasteiger partial charge in [0.25, 0.3) is 0 Å². The van der Waals surface area contributed by atoms with Crippen LogP contribution in [-0.4, -0.2) is 48.2 Å². The SMILES string of the molecule is CC(CNS(=O)(=O)c1cccc2nsnc12)CN1CCCCC1. The second-order valence-electron chi connectivity index (χ2n) is 6.21. The van der Waals surface area contributed by atoms with E-state index in [0.29, 0.717) is 17.6 Å². The molecule has 1 aliphatic rings. The summed E-state index contributed by atoms with van der Waals surface area (Å²) in [6.45, 7) is 5.71. The number of nitrogens with one attached hydrogen (secondary N) is 1. The van der Waals surface area contributed by atoms with Gasteiger partial charge in [-0.2, -0.15) is 8.75 Å². The highest BCUT2D eigenvalue weighted by Crippen LogP contribution is 2.21. The smallest absolute Gasteiger partial charge is 0.242 e. The Balaban J connectivity index is 1.63. The molecule has 6 nitrogen and oxygen atoms in total. The number of hydrogen-bond donors (Lipinski definition) is 1. The molecular weight excluding hydrogens is 332 g/mol. The predicted molar refractivity (Wildman–Crippen MR) is 92.1 cm³/mol. The Morgan fingerprint density at radius 2 is 2.04 bits per heavy atom. The number of aromatic nitrogens is 2. The molecule has 1 aromatic heterocycles. The Hall–Kier alpha value is -1.09. The van der Waals surface area contributed by atoms with E-state index in [4.69, 9.17) is 0 Å². The maximum Gasteiger partial charge on any atom is 0.242 e. The van der Waals surface area contributed by atoms with Crippen molar-refractivity contribution < 1.29 is 8.42 Å². The molecule has 3 rings (SSSR count). The van der Waals surface area contributed by atoms with Gasteiger partial charge >= 0.3 is 0 Å². The van der Waals surface area contributed by atoms with E-state index in [-0.39, 0.29) is 10.8 Å². The lowest BCUT2D eigenvalue weighted by Gasteiger charge is -2.29. The van der Waals surface area contributed by atoms with Crippen molar-refractivity contribution >= 4 is 32.8 Å². The summed E-state index contributed by atoms with van der Waals surface area (Å²) in [7, 11) is -3.56. The second kappa shape index (κ2) is 7.21. The molecule has 23 heavy (non-hydrogen) atoms. The topological polar surface area (TPSA) is 75.2 Å². The summed E-state index contributed by atoms with van der Waals surface area (Å²) in [5.41, 5.74) is 1.08. The average Bonchev–Trinajstić information content (AvgIpc) is 3.02. The monoisotopic (exact) mass is 354 g/mol. The molecule has 0 radical (unpaired) electrons. The molecule has 126 valence electrons. The molecule has 1 unspecified atom stereocenters. The first-order chi connectivity index (χ1) is 11.1. The summed E-state index contributed by atoms with van der Waals surface area (Å²) in [6.07, 6.45) is 3.80. The number of likely N-dealkylation sites (tertiary alicyclic amines) is 1. The maximum atomic E-state index is 12.6. The van der Waals surface area contributed by atoms with Gasteiger partial charge in [0.05, 0.1) is 11.7 Å². The van der Waals surface area contributed by atoms with Crippen molar-refractivity contribution in [1.29, 1.82) is 0 Å². The number of nitrogens with zero attached hydrogens (tertiary/aromatic N) is 3. The molecule has 1 aromatic carbocycles. The summed E-state index contributed by atoms with van der Waals surface area (Å²) in [4.78, 5) is 2.64. The lowest BCUT2D eigenvalue weighted by atomic mass is 10.1. The fraction of sp³-hybridized carbons (Fsp3) is 0.600. The van der Waals surface area contributed by atoms with Crippen molar-refractivity contribution in [2.75, 3.05) is 26.2 Å². The van der Waals surface area contributed by atoms with Gasteiger partial charge in [-0.05, 0) is 44.0 Å². The summed E-state index contributed by atoms with van der Waals surface area (Å²) < 4.78 is 36.0. The van der Waals surface area contributed by atoms with Crippen molar-refractivity contribution in [2.45, 2.75) is 31.1 Å². The third-order valence-electron chi connectivity index (χ3n) is 4.18. The van der Waals surface area contributed by atoms with E-state index >= 15 is 0 Å². The third-order valence-corrected chi connectivity index (χ3v) is 6.18. The Morgan fingerprint density at radius 3 is 2.83 bits per heavy atom. The second-order valence-corrected chi connectivity index (χ2v) is 8.47. The van der Waals surface area contributed by atoms with Crippen LogP contribution in [0.3, 0.4) is 0 Å².